The first kappa shape index (κ1) is 18.9. The van der Waals surface area contributed by atoms with Crippen molar-refractivity contribution in [3.63, 3.8) is 0 Å². The molecule has 1 aliphatic heterocycles. The first-order chi connectivity index (χ1) is 13.1. The van der Waals surface area contributed by atoms with Crippen LogP contribution >= 0.6 is 0 Å². The topological polar surface area (TPSA) is 60.7 Å². The molecule has 0 spiro atoms. The van der Waals surface area contributed by atoms with Crippen molar-refractivity contribution in [1.82, 2.24) is 10.2 Å². The fraction of sp³-hybridized carbons (Fsp3) is 0.333. The average Bonchev–Trinajstić information content (AvgIpc) is 2.69. The Labute approximate surface area is 159 Å². The van der Waals surface area contributed by atoms with Crippen LogP contribution < -0.4 is 5.32 Å². The van der Waals surface area contributed by atoms with Crippen LogP contribution in [0.15, 0.2) is 53.5 Å². The van der Waals surface area contributed by atoms with Crippen molar-refractivity contribution in [2.75, 3.05) is 20.1 Å². The number of hydrogen-bond donors (Lipinski definition) is 1. The van der Waals surface area contributed by atoms with Gasteiger partial charge in [-0.3, -0.25) is 4.99 Å². The third-order valence-corrected chi connectivity index (χ3v) is 4.52. The number of morpholine rings is 1. The standard InChI is InChI=1S/C21H23FN4O/c1-15-13-26(14-20(27-15)18-6-8-19(22)9-7-18)21(24-2)25-12-17-5-3-4-16(10-17)11-23/h3-10,15,20H,12-14H2,1-2H3,(H,24,25). The first-order valence-corrected chi connectivity index (χ1v) is 8.94. The third-order valence-electron chi connectivity index (χ3n) is 4.52. The summed E-state index contributed by atoms with van der Waals surface area (Å²) < 4.78 is 19.3. The number of nitriles is 1. The molecule has 2 unspecified atom stereocenters. The second kappa shape index (κ2) is 8.65. The fourth-order valence-corrected chi connectivity index (χ4v) is 3.25. The Bertz CT molecular complexity index is 844. The van der Waals surface area contributed by atoms with Crippen molar-refractivity contribution < 1.29 is 9.13 Å². The van der Waals surface area contributed by atoms with E-state index in [0.29, 0.717) is 18.7 Å². The van der Waals surface area contributed by atoms with Crippen molar-refractivity contribution in [3.05, 3.63) is 71.0 Å². The van der Waals surface area contributed by atoms with Gasteiger partial charge in [-0.2, -0.15) is 5.26 Å². The van der Waals surface area contributed by atoms with E-state index in [2.05, 4.69) is 21.3 Å². The normalized spacial score (nSPS) is 20.2. The molecule has 5 nitrogen and oxygen atoms in total. The molecule has 1 N–H and O–H groups in total. The van der Waals surface area contributed by atoms with Crippen molar-refractivity contribution in [2.24, 2.45) is 4.99 Å². The zero-order valence-corrected chi connectivity index (χ0v) is 15.5. The van der Waals surface area contributed by atoms with Gasteiger partial charge in [0.2, 0.25) is 0 Å². The lowest BCUT2D eigenvalue weighted by atomic mass is 10.1. The van der Waals surface area contributed by atoms with Gasteiger partial charge in [0, 0.05) is 20.1 Å². The van der Waals surface area contributed by atoms with Crippen molar-refractivity contribution in [2.45, 2.75) is 25.7 Å². The van der Waals surface area contributed by atoms with Crippen LogP contribution in [0.5, 0.6) is 0 Å². The maximum Gasteiger partial charge on any atom is 0.194 e. The number of halogens is 1. The summed E-state index contributed by atoms with van der Waals surface area (Å²) in [6.45, 7) is 3.95. The molecule has 1 aliphatic rings. The molecule has 1 saturated heterocycles. The Morgan fingerprint density at radius 1 is 1.30 bits per heavy atom. The summed E-state index contributed by atoms with van der Waals surface area (Å²) >= 11 is 0. The summed E-state index contributed by atoms with van der Waals surface area (Å²) in [7, 11) is 1.75. The average molecular weight is 366 g/mol. The number of benzene rings is 2. The second-order valence-corrected chi connectivity index (χ2v) is 6.60. The molecule has 3 rings (SSSR count). The third kappa shape index (κ3) is 4.83. The van der Waals surface area contributed by atoms with E-state index >= 15 is 0 Å². The molecule has 0 bridgehead atoms. The van der Waals surface area contributed by atoms with Gasteiger partial charge in [0.15, 0.2) is 5.96 Å². The number of ether oxygens (including phenoxy) is 1. The van der Waals surface area contributed by atoms with Crippen LogP contribution in [0.25, 0.3) is 0 Å². The van der Waals surface area contributed by atoms with Gasteiger partial charge in [-0.15, -0.1) is 0 Å². The first-order valence-electron chi connectivity index (χ1n) is 8.94. The van der Waals surface area contributed by atoms with E-state index in [4.69, 9.17) is 10.00 Å². The molecule has 2 aromatic carbocycles. The van der Waals surface area contributed by atoms with E-state index in [0.717, 1.165) is 23.6 Å². The molecule has 140 valence electrons. The van der Waals surface area contributed by atoms with Crippen LogP contribution in [0, 0.1) is 17.1 Å². The van der Waals surface area contributed by atoms with E-state index in [9.17, 15) is 4.39 Å². The van der Waals surface area contributed by atoms with Crippen LogP contribution in [0.2, 0.25) is 0 Å². The van der Waals surface area contributed by atoms with Gasteiger partial charge in [-0.05, 0) is 42.3 Å². The zero-order valence-electron chi connectivity index (χ0n) is 15.5. The van der Waals surface area contributed by atoms with Crippen LogP contribution in [0.1, 0.15) is 29.7 Å². The minimum Gasteiger partial charge on any atom is -0.367 e. The molecule has 0 aliphatic carbocycles. The molecular weight excluding hydrogens is 343 g/mol. The van der Waals surface area contributed by atoms with Gasteiger partial charge in [0.05, 0.1) is 24.3 Å². The van der Waals surface area contributed by atoms with Crippen LogP contribution in [0.3, 0.4) is 0 Å². The van der Waals surface area contributed by atoms with Gasteiger partial charge in [0.25, 0.3) is 0 Å². The lowest BCUT2D eigenvalue weighted by Gasteiger charge is -2.38. The molecular formula is C21H23FN4O. The quantitative estimate of drug-likeness (QED) is 0.669. The molecule has 2 atom stereocenters. The molecule has 0 radical (unpaired) electrons. The Morgan fingerprint density at radius 2 is 2.07 bits per heavy atom. The molecule has 0 amide bonds. The Kier molecular flexibility index (Phi) is 6.05. The van der Waals surface area contributed by atoms with Crippen molar-refractivity contribution >= 4 is 5.96 Å². The van der Waals surface area contributed by atoms with E-state index < -0.39 is 0 Å². The highest BCUT2D eigenvalue weighted by atomic mass is 19.1. The lowest BCUT2D eigenvalue weighted by Crippen LogP contribution is -2.50. The summed E-state index contributed by atoms with van der Waals surface area (Å²) in [6, 6.07) is 16.1. The Morgan fingerprint density at radius 3 is 2.78 bits per heavy atom. The summed E-state index contributed by atoms with van der Waals surface area (Å²) in [6.07, 6.45) is -0.121. The molecule has 0 saturated carbocycles. The molecule has 27 heavy (non-hydrogen) atoms. The van der Waals surface area contributed by atoms with Crippen molar-refractivity contribution in [3.8, 4) is 6.07 Å². The largest absolute Gasteiger partial charge is 0.367 e. The number of nitrogens with one attached hydrogen (secondary N) is 1. The summed E-state index contributed by atoms with van der Waals surface area (Å²) in [5.41, 5.74) is 2.61. The SMILES string of the molecule is CN=C(NCc1cccc(C#N)c1)N1CC(C)OC(c2ccc(F)cc2)C1. The van der Waals surface area contributed by atoms with E-state index in [1.807, 2.05) is 25.1 Å². The van der Waals surface area contributed by atoms with E-state index in [1.54, 1.807) is 25.2 Å². The number of guanidine groups is 1. The van der Waals surface area contributed by atoms with Gasteiger partial charge in [0.1, 0.15) is 11.9 Å². The van der Waals surface area contributed by atoms with Gasteiger partial charge in [-0.25, -0.2) is 4.39 Å². The molecule has 0 aromatic heterocycles. The second-order valence-electron chi connectivity index (χ2n) is 6.60. The van der Waals surface area contributed by atoms with Crippen molar-refractivity contribution in [1.29, 1.82) is 5.26 Å². The van der Waals surface area contributed by atoms with E-state index in [1.165, 1.54) is 12.1 Å². The smallest absolute Gasteiger partial charge is 0.194 e. The number of rotatable bonds is 3. The minimum atomic E-state index is -0.253. The molecule has 1 fully saturated rings. The highest BCUT2D eigenvalue weighted by Crippen LogP contribution is 2.25. The number of aliphatic imine (C=N–C) groups is 1. The predicted molar refractivity (Wildman–Crippen MR) is 103 cm³/mol. The Hall–Kier alpha value is -2.91. The maximum absolute atomic E-state index is 13.2. The van der Waals surface area contributed by atoms with Gasteiger partial charge >= 0.3 is 0 Å². The van der Waals surface area contributed by atoms with Gasteiger partial charge < -0.3 is 15.0 Å². The summed E-state index contributed by atoms with van der Waals surface area (Å²) in [5.74, 6) is 0.524. The summed E-state index contributed by atoms with van der Waals surface area (Å²) in [4.78, 5) is 6.55. The van der Waals surface area contributed by atoms with Gasteiger partial charge in [-0.1, -0.05) is 24.3 Å². The van der Waals surface area contributed by atoms with Crippen LogP contribution in [-0.2, 0) is 11.3 Å². The summed E-state index contributed by atoms with van der Waals surface area (Å²) in [5, 5.41) is 12.4. The van der Waals surface area contributed by atoms with Crippen LogP contribution in [-0.4, -0.2) is 37.1 Å². The highest BCUT2D eigenvalue weighted by molar-refractivity contribution is 5.80. The van der Waals surface area contributed by atoms with Crippen LogP contribution in [0.4, 0.5) is 4.39 Å². The Balaban J connectivity index is 1.68. The van der Waals surface area contributed by atoms with E-state index in [-0.39, 0.29) is 18.0 Å². The molecule has 6 heteroatoms. The zero-order chi connectivity index (χ0) is 19.2. The minimum absolute atomic E-state index is 0.0225. The monoisotopic (exact) mass is 366 g/mol. The lowest BCUT2D eigenvalue weighted by molar-refractivity contribution is -0.0605. The molecule has 2 aromatic rings. The molecule has 1 heterocycles. The highest BCUT2D eigenvalue weighted by Gasteiger charge is 2.28. The predicted octanol–water partition coefficient (Wildman–Crippen LogP) is 3.23. The maximum atomic E-state index is 13.2. The number of nitrogens with zero attached hydrogens (tertiary/aromatic N) is 3. The number of hydrogen-bond acceptors (Lipinski definition) is 3. The fourth-order valence-electron chi connectivity index (χ4n) is 3.25.